The number of esters is 1. The molecular formula is C19H16BrF2N3O3. The molecule has 9 heteroatoms. The fourth-order valence-corrected chi connectivity index (χ4v) is 3.05. The SMILES string of the molecule is CCOC(=O)c1cnc2nc(OC)ccc2c1NCc1c(F)cc(Br)cc1F. The minimum absolute atomic E-state index is 0.138. The van der Waals surface area contributed by atoms with Crippen molar-refractivity contribution in [2.45, 2.75) is 13.5 Å². The zero-order valence-electron chi connectivity index (χ0n) is 15.1. The first-order chi connectivity index (χ1) is 13.4. The molecule has 1 N–H and O–H groups in total. The van der Waals surface area contributed by atoms with Gasteiger partial charge in [-0.05, 0) is 25.1 Å². The number of aromatic nitrogens is 2. The molecule has 0 aliphatic rings. The van der Waals surface area contributed by atoms with Crippen molar-refractivity contribution in [1.29, 1.82) is 0 Å². The van der Waals surface area contributed by atoms with Gasteiger partial charge in [0.05, 0.1) is 19.4 Å². The summed E-state index contributed by atoms with van der Waals surface area (Å²) < 4.78 is 38.8. The first-order valence-corrected chi connectivity index (χ1v) is 9.12. The molecule has 0 aliphatic carbocycles. The number of methoxy groups -OCH3 is 1. The van der Waals surface area contributed by atoms with Crippen molar-refractivity contribution in [2.24, 2.45) is 0 Å². The van der Waals surface area contributed by atoms with Crippen LogP contribution in [0.5, 0.6) is 5.88 Å². The molecule has 2 aromatic heterocycles. The Bertz CT molecular complexity index is 1020. The maximum Gasteiger partial charge on any atom is 0.341 e. The Morgan fingerprint density at radius 2 is 1.96 bits per heavy atom. The molecule has 0 radical (unpaired) electrons. The van der Waals surface area contributed by atoms with E-state index in [1.54, 1.807) is 19.1 Å². The number of nitrogens with zero attached hydrogens (tertiary/aromatic N) is 2. The predicted molar refractivity (Wildman–Crippen MR) is 103 cm³/mol. The summed E-state index contributed by atoms with van der Waals surface area (Å²) in [6, 6.07) is 5.60. The van der Waals surface area contributed by atoms with E-state index in [9.17, 15) is 13.6 Å². The van der Waals surface area contributed by atoms with Crippen LogP contribution in [0.1, 0.15) is 22.8 Å². The number of carbonyl (C=O) groups is 1. The molecule has 0 atom stereocenters. The standard InChI is InChI=1S/C19H16BrF2N3O3/c1-3-28-19(26)13-9-24-18-11(4-5-16(25-18)27-2)17(13)23-8-12-14(21)6-10(20)7-15(12)22/h4-7,9H,3,8H2,1-2H3,(H,23,24,25). The van der Waals surface area contributed by atoms with E-state index in [0.717, 1.165) is 0 Å². The van der Waals surface area contributed by atoms with E-state index in [1.807, 2.05) is 0 Å². The van der Waals surface area contributed by atoms with Crippen LogP contribution in [0.3, 0.4) is 0 Å². The Kier molecular flexibility index (Phi) is 6.03. The van der Waals surface area contributed by atoms with E-state index < -0.39 is 17.6 Å². The highest BCUT2D eigenvalue weighted by Gasteiger charge is 2.19. The number of hydrogen-bond acceptors (Lipinski definition) is 6. The number of fused-ring (bicyclic) bond motifs is 1. The second-order valence-electron chi connectivity index (χ2n) is 5.69. The molecule has 0 saturated carbocycles. The molecule has 3 aromatic rings. The Labute approximate surface area is 168 Å². The molecule has 2 heterocycles. The van der Waals surface area contributed by atoms with Gasteiger partial charge < -0.3 is 14.8 Å². The van der Waals surface area contributed by atoms with E-state index >= 15 is 0 Å². The lowest BCUT2D eigenvalue weighted by molar-refractivity contribution is 0.0527. The second-order valence-corrected chi connectivity index (χ2v) is 6.61. The normalized spacial score (nSPS) is 10.8. The zero-order valence-corrected chi connectivity index (χ0v) is 16.6. The van der Waals surface area contributed by atoms with Crippen LogP contribution in [0, 0.1) is 11.6 Å². The number of carbonyl (C=O) groups excluding carboxylic acids is 1. The van der Waals surface area contributed by atoms with Crippen molar-refractivity contribution < 1.29 is 23.0 Å². The van der Waals surface area contributed by atoms with Gasteiger partial charge in [0, 0.05) is 34.2 Å². The van der Waals surface area contributed by atoms with Gasteiger partial charge in [-0.2, -0.15) is 4.98 Å². The highest BCUT2D eigenvalue weighted by atomic mass is 79.9. The molecule has 0 saturated heterocycles. The predicted octanol–water partition coefficient (Wildman–Crippen LogP) is 4.47. The molecule has 1 aromatic carbocycles. The molecule has 3 rings (SSSR count). The van der Waals surface area contributed by atoms with Crippen molar-refractivity contribution in [3.05, 3.63) is 57.7 Å². The Balaban J connectivity index is 2.06. The molecule has 0 bridgehead atoms. The summed E-state index contributed by atoms with van der Waals surface area (Å²) in [5.74, 6) is -1.68. The number of halogens is 3. The molecule has 6 nitrogen and oxygen atoms in total. The van der Waals surface area contributed by atoms with Crippen molar-refractivity contribution in [3.63, 3.8) is 0 Å². The highest BCUT2D eigenvalue weighted by molar-refractivity contribution is 9.10. The second kappa shape index (κ2) is 8.47. The zero-order chi connectivity index (χ0) is 20.3. The van der Waals surface area contributed by atoms with Gasteiger partial charge in [0.2, 0.25) is 5.88 Å². The summed E-state index contributed by atoms with van der Waals surface area (Å²) in [4.78, 5) is 20.7. The maximum atomic E-state index is 14.2. The van der Waals surface area contributed by atoms with Gasteiger partial charge >= 0.3 is 5.97 Å². The molecule has 0 amide bonds. The monoisotopic (exact) mass is 451 g/mol. The molecular weight excluding hydrogens is 436 g/mol. The third-order valence-electron chi connectivity index (χ3n) is 3.96. The van der Waals surface area contributed by atoms with Crippen LogP contribution in [-0.4, -0.2) is 29.7 Å². The van der Waals surface area contributed by atoms with Gasteiger partial charge in [0.25, 0.3) is 0 Å². The van der Waals surface area contributed by atoms with Crippen LogP contribution in [0.25, 0.3) is 11.0 Å². The smallest absolute Gasteiger partial charge is 0.341 e. The molecule has 28 heavy (non-hydrogen) atoms. The number of nitrogens with one attached hydrogen (secondary N) is 1. The number of anilines is 1. The first kappa shape index (κ1) is 19.9. The summed E-state index contributed by atoms with van der Waals surface area (Å²) in [6.45, 7) is 1.66. The van der Waals surface area contributed by atoms with Crippen molar-refractivity contribution in [3.8, 4) is 5.88 Å². The highest BCUT2D eigenvalue weighted by Crippen LogP contribution is 2.29. The van der Waals surface area contributed by atoms with Gasteiger partial charge in [-0.25, -0.2) is 18.6 Å². The molecule has 0 spiro atoms. The van der Waals surface area contributed by atoms with Gasteiger partial charge in [-0.1, -0.05) is 15.9 Å². The van der Waals surface area contributed by atoms with Crippen LogP contribution in [0.2, 0.25) is 0 Å². The summed E-state index contributed by atoms with van der Waals surface area (Å²) in [6.07, 6.45) is 1.31. The Hall–Kier alpha value is -2.81. The molecule has 0 aliphatic heterocycles. The fraction of sp³-hybridized carbons (Fsp3) is 0.211. The van der Waals surface area contributed by atoms with Gasteiger partial charge in [0.15, 0.2) is 5.65 Å². The van der Waals surface area contributed by atoms with Crippen LogP contribution in [0.4, 0.5) is 14.5 Å². The quantitative estimate of drug-likeness (QED) is 0.557. The summed E-state index contributed by atoms with van der Waals surface area (Å²) >= 11 is 3.05. The minimum atomic E-state index is -0.713. The average molecular weight is 452 g/mol. The third-order valence-corrected chi connectivity index (χ3v) is 4.41. The van der Waals surface area contributed by atoms with Gasteiger partial charge in [-0.3, -0.25) is 0 Å². The number of ether oxygens (including phenoxy) is 2. The van der Waals surface area contributed by atoms with Crippen LogP contribution >= 0.6 is 15.9 Å². The summed E-state index contributed by atoms with van der Waals surface area (Å²) in [5.41, 5.74) is 0.607. The van der Waals surface area contributed by atoms with Crippen molar-refractivity contribution >= 4 is 38.6 Å². The topological polar surface area (TPSA) is 73.3 Å². The maximum absolute atomic E-state index is 14.2. The van der Waals surface area contributed by atoms with Crippen LogP contribution < -0.4 is 10.1 Å². The number of benzene rings is 1. The molecule has 0 fully saturated rings. The number of pyridine rings is 2. The van der Waals surface area contributed by atoms with E-state index in [2.05, 4.69) is 31.2 Å². The van der Waals surface area contributed by atoms with E-state index in [1.165, 1.54) is 25.4 Å². The summed E-state index contributed by atoms with van der Waals surface area (Å²) in [5, 5.41) is 3.42. The van der Waals surface area contributed by atoms with Crippen LogP contribution in [0.15, 0.2) is 34.9 Å². The first-order valence-electron chi connectivity index (χ1n) is 8.32. The largest absolute Gasteiger partial charge is 0.481 e. The number of rotatable bonds is 6. The van der Waals surface area contributed by atoms with Crippen molar-refractivity contribution in [2.75, 3.05) is 19.0 Å². The minimum Gasteiger partial charge on any atom is -0.481 e. The van der Waals surface area contributed by atoms with E-state index in [4.69, 9.17) is 9.47 Å². The average Bonchev–Trinajstić information content (AvgIpc) is 2.66. The molecule has 146 valence electrons. The lowest BCUT2D eigenvalue weighted by Crippen LogP contribution is -2.12. The molecule has 0 unspecified atom stereocenters. The summed E-state index contributed by atoms with van der Waals surface area (Å²) in [7, 11) is 1.47. The third kappa shape index (κ3) is 4.04. The van der Waals surface area contributed by atoms with E-state index in [-0.39, 0.29) is 24.3 Å². The van der Waals surface area contributed by atoms with Gasteiger partial charge in [0.1, 0.15) is 17.2 Å². The van der Waals surface area contributed by atoms with Crippen molar-refractivity contribution in [1.82, 2.24) is 9.97 Å². The Morgan fingerprint density at radius 3 is 2.61 bits per heavy atom. The fourth-order valence-electron chi connectivity index (χ4n) is 2.65. The van der Waals surface area contributed by atoms with Crippen LogP contribution in [-0.2, 0) is 11.3 Å². The lowest BCUT2D eigenvalue weighted by atomic mass is 10.1. The van der Waals surface area contributed by atoms with E-state index in [0.29, 0.717) is 27.1 Å². The Morgan fingerprint density at radius 1 is 1.25 bits per heavy atom. The van der Waals surface area contributed by atoms with Gasteiger partial charge in [-0.15, -0.1) is 0 Å². The number of hydrogen-bond donors (Lipinski definition) is 1. The lowest BCUT2D eigenvalue weighted by Gasteiger charge is -2.15.